The lowest BCUT2D eigenvalue weighted by atomic mass is 9.86. The summed E-state index contributed by atoms with van der Waals surface area (Å²) in [5.74, 6) is 0.903. The first kappa shape index (κ1) is 14.0. The predicted octanol–water partition coefficient (Wildman–Crippen LogP) is 3.36. The summed E-state index contributed by atoms with van der Waals surface area (Å²) in [5.41, 5.74) is 0. The Morgan fingerprint density at radius 1 is 1.38 bits per heavy atom. The lowest BCUT2D eigenvalue weighted by Crippen LogP contribution is -2.43. The molecule has 0 radical (unpaired) electrons. The molecule has 1 aliphatic carbocycles. The molecule has 1 N–H and O–H groups in total. The van der Waals surface area contributed by atoms with Gasteiger partial charge in [0, 0.05) is 19.2 Å². The molecular formula is C14H29NO. The van der Waals surface area contributed by atoms with Crippen molar-refractivity contribution < 1.29 is 4.74 Å². The highest BCUT2D eigenvalue weighted by atomic mass is 16.5. The Hall–Kier alpha value is -0.0800. The van der Waals surface area contributed by atoms with E-state index in [1.807, 2.05) is 7.11 Å². The van der Waals surface area contributed by atoms with Crippen molar-refractivity contribution in [1.29, 1.82) is 0 Å². The van der Waals surface area contributed by atoms with Crippen molar-refractivity contribution in [2.45, 2.75) is 70.9 Å². The molecule has 3 atom stereocenters. The van der Waals surface area contributed by atoms with Crippen LogP contribution in [0.25, 0.3) is 0 Å². The van der Waals surface area contributed by atoms with Gasteiger partial charge in [-0.1, -0.05) is 39.5 Å². The number of unbranched alkanes of at least 4 members (excludes halogenated alkanes) is 1. The minimum atomic E-state index is 0.570. The summed E-state index contributed by atoms with van der Waals surface area (Å²) < 4.78 is 5.31. The first-order chi connectivity index (χ1) is 7.76. The summed E-state index contributed by atoms with van der Waals surface area (Å²) in [6, 6.07) is 1.31. The van der Waals surface area contributed by atoms with E-state index in [4.69, 9.17) is 4.74 Å². The monoisotopic (exact) mass is 227 g/mol. The molecule has 1 rings (SSSR count). The van der Waals surface area contributed by atoms with Gasteiger partial charge in [0.15, 0.2) is 0 Å². The van der Waals surface area contributed by atoms with Crippen LogP contribution in [-0.4, -0.2) is 25.8 Å². The molecule has 1 aliphatic rings. The van der Waals surface area contributed by atoms with Crippen LogP contribution in [-0.2, 0) is 4.74 Å². The van der Waals surface area contributed by atoms with E-state index in [1.54, 1.807) is 0 Å². The molecule has 1 saturated carbocycles. The summed E-state index contributed by atoms with van der Waals surface area (Å²) in [5, 5.41) is 3.80. The Bertz CT molecular complexity index is 172. The maximum atomic E-state index is 5.31. The number of nitrogens with one attached hydrogen (secondary N) is 1. The molecule has 16 heavy (non-hydrogen) atoms. The van der Waals surface area contributed by atoms with Gasteiger partial charge in [-0.15, -0.1) is 0 Å². The Balaban J connectivity index is 2.28. The second kappa shape index (κ2) is 8.08. The fourth-order valence-corrected chi connectivity index (χ4v) is 2.79. The van der Waals surface area contributed by atoms with Gasteiger partial charge in [-0.25, -0.2) is 0 Å². The van der Waals surface area contributed by atoms with Gasteiger partial charge < -0.3 is 10.1 Å². The Morgan fingerprint density at radius 2 is 2.19 bits per heavy atom. The Morgan fingerprint density at radius 3 is 2.81 bits per heavy atom. The molecule has 0 aromatic rings. The summed E-state index contributed by atoms with van der Waals surface area (Å²) in [4.78, 5) is 0. The maximum absolute atomic E-state index is 5.31. The summed E-state index contributed by atoms with van der Waals surface area (Å²) >= 11 is 0. The second-order valence-corrected chi connectivity index (χ2v) is 5.43. The number of hydrogen-bond acceptors (Lipinski definition) is 2. The molecule has 0 amide bonds. The lowest BCUT2D eigenvalue weighted by molar-refractivity contribution is 0.146. The summed E-state index contributed by atoms with van der Waals surface area (Å²) in [6.07, 6.45) is 9.37. The van der Waals surface area contributed by atoms with Gasteiger partial charge in [0.1, 0.15) is 0 Å². The maximum Gasteiger partial charge on any atom is 0.0615 e. The normalized spacial score (nSPS) is 27.9. The zero-order valence-corrected chi connectivity index (χ0v) is 11.3. The quantitative estimate of drug-likeness (QED) is 0.720. The van der Waals surface area contributed by atoms with Crippen LogP contribution in [0.15, 0.2) is 0 Å². The smallest absolute Gasteiger partial charge is 0.0615 e. The molecular weight excluding hydrogens is 198 g/mol. The molecule has 1 fully saturated rings. The molecule has 3 unspecified atom stereocenters. The highest BCUT2D eigenvalue weighted by molar-refractivity contribution is 4.79. The average molecular weight is 227 g/mol. The molecule has 0 saturated heterocycles. The zero-order valence-electron chi connectivity index (χ0n) is 11.3. The van der Waals surface area contributed by atoms with Gasteiger partial charge in [0.25, 0.3) is 0 Å². The van der Waals surface area contributed by atoms with Gasteiger partial charge in [-0.05, 0) is 25.2 Å². The van der Waals surface area contributed by atoms with Crippen LogP contribution in [0.2, 0.25) is 0 Å². The van der Waals surface area contributed by atoms with Crippen LogP contribution in [0.5, 0.6) is 0 Å². The minimum Gasteiger partial charge on any atom is -0.383 e. The fourth-order valence-electron chi connectivity index (χ4n) is 2.79. The highest BCUT2D eigenvalue weighted by Gasteiger charge is 2.21. The second-order valence-electron chi connectivity index (χ2n) is 5.43. The molecule has 0 aliphatic heterocycles. The van der Waals surface area contributed by atoms with Crippen LogP contribution in [0.3, 0.4) is 0 Å². The van der Waals surface area contributed by atoms with E-state index in [0.29, 0.717) is 6.04 Å². The highest BCUT2D eigenvalue weighted by Crippen LogP contribution is 2.24. The van der Waals surface area contributed by atoms with Crippen molar-refractivity contribution >= 4 is 0 Å². The number of ether oxygens (including phenoxy) is 1. The van der Waals surface area contributed by atoms with E-state index >= 15 is 0 Å². The standard InChI is InChI=1S/C14H29NO/c1-4-5-8-14(11-16-3)15-13-9-6-7-12(2)10-13/h12-15H,4-11H2,1-3H3. The minimum absolute atomic E-state index is 0.570. The third-order valence-electron chi connectivity index (χ3n) is 3.68. The van der Waals surface area contributed by atoms with Crippen molar-refractivity contribution in [1.82, 2.24) is 5.32 Å². The van der Waals surface area contributed by atoms with Gasteiger partial charge in [-0.2, -0.15) is 0 Å². The van der Waals surface area contributed by atoms with E-state index in [0.717, 1.165) is 18.6 Å². The predicted molar refractivity (Wildman–Crippen MR) is 69.7 cm³/mol. The van der Waals surface area contributed by atoms with Crippen LogP contribution < -0.4 is 5.32 Å². The first-order valence-corrected chi connectivity index (χ1v) is 7.01. The fraction of sp³-hybridized carbons (Fsp3) is 1.00. The molecule has 0 spiro atoms. The molecule has 0 bridgehead atoms. The molecule has 0 aromatic carbocycles. The van der Waals surface area contributed by atoms with Gasteiger partial charge in [0.05, 0.1) is 6.61 Å². The van der Waals surface area contributed by atoms with E-state index < -0.39 is 0 Å². The van der Waals surface area contributed by atoms with E-state index in [1.165, 1.54) is 44.9 Å². The Kier molecular flexibility index (Phi) is 7.06. The molecule has 96 valence electrons. The lowest BCUT2D eigenvalue weighted by Gasteiger charge is -2.31. The van der Waals surface area contributed by atoms with Gasteiger partial charge in [0.2, 0.25) is 0 Å². The molecule has 2 heteroatoms. The van der Waals surface area contributed by atoms with Crippen molar-refractivity contribution in [3.05, 3.63) is 0 Å². The van der Waals surface area contributed by atoms with Crippen LogP contribution >= 0.6 is 0 Å². The average Bonchev–Trinajstić information content (AvgIpc) is 2.26. The van der Waals surface area contributed by atoms with Crippen molar-refractivity contribution in [2.75, 3.05) is 13.7 Å². The molecule has 0 heterocycles. The number of methoxy groups -OCH3 is 1. The van der Waals surface area contributed by atoms with E-state index in [9.17, 15) is 0 Å². The third kappa shape index (κ3) is 5.31. The number of hydrogen-bond donors (Lipinski definition) is 1. The van der Waals surface area contributed by atoms with Crippen LogP contribution in [0.4, 0.5) is 0 Å². The van der Waals surface area contributed by atoms with Gasteiger partial charge >= 0.3 is 0 Å². The van der Waals surface area contributed by atoms with Crippen molar-refractivity contribution in [2.24, 2.45) is 5.92 Å². The summed E-state index contributed by atoms with van der Waals surface area (Å²) in [6.45, 7) is 5.50. The number of rotatable bonds is 7. The molecule has 2 nitrogen and oxygen atoms in total. The largest absolute Gasteiger partial charge is 0.383 e. The Labute approximate surface area is 101 Å². The zero-order chi connectivity index (χ0) is 11.8. The van der Waals surface area contributed by atoms with Crippen LogP contribution in [0.1, 0.15) is 58.8 Å². The van der Waals surface area contributed by atoms with Crippen molar-refractivity contribution in [3.8, 4) is 0 Å². The SMILES string of the molecule is CCCCC(COC)NC1CCCC(C)C1. The first-order valence-electron chi connectivity index (χ1n) is 7.01. The third-order valence-corrected chi connectivity index (χ3v) is 3.68. The van der Waals surface area contributed by atoms with Crippen molar-refractivity contribution in [3.63, 3.8) is 0 Å². The van der Waals surface area contributed by atoms with Gasteiger partial charge in [-0.3, -0.25) is 0 Å². The van der Waals surface area contributed by atoms with E-state index in [2.05, 4.69) is 19.2 Å². The summed E-state index contributed by atoms with van der Waals surface area (Å²) in [7, 11) is 1.81. The topological polar surface area (TPSA) is 21.3 Å². The van der Waals surface area contributed by atoms with Crippen LogP contribution in [0, 0.1) is 5.92 Å². The van der Waals surface area contributed by atoms with E-state index in [-0.39, 0.29) is 0 Å². The molecule has 0 aromatic heterocycles.